The monoisotopic (exact) mass is 269 g/mol. The largest absolute Gasteiger partial charge is 0.338 e. The topological polar surface area (TPSA) is 41.6 Å². The molecule has 0 bridgehead atoms. The minimum absolute atomic E-state index is 0.703. The molecule has 0 aliphatic rings. The fourth-order valence-corrected chi connectivity index (χ4v) is 2.21. The Labute approximate surface area is 116 Å². The lowest BCUT2D eigenvalue weighted by molar-refractivity contribution is 1.25. The van der Waals surface area contributed by atoms with Gasteiger partial charge in [-0.1, -0.05) is 23.7 Å². The molecule has 3 nitrogen and oxygen atoms in total. The van der Waals surface area contributed by atoms with Crippen molar-refractivity contribution in [1.82, 2.24) is 15.0 Å². The van der Waals surface area contributed by atoms with E-state index < -0.39 is 0 Å². The number of aryl methyl sites for hydroxylation is 1. The van der Waals surface area contributed by atoms with Crippen LogP contribution in [-0.4, -0.2) is 15.0 Å². The normalized spacial score (nSPS) is 10.6. The van der Waals surface area contributed by atoms with Crippen LogP contribution in [0.1, 0.15) is 5.69 Å². The van der Waals surface area contributed by atoms with Crippen LogP contribution in [0.5, 0.6) is 0 Å². The maximum Gasteiger partial charge on any atom is 0.138 e. The molecule has 0 radical (unpaired) electrons. The second-order valence-electron chi connectivity index (χ2n) is 4.30. The Morgan fingerprint density at radius 2 is 1.95 bits per heavy atom. The first-order chi connectivity index (χ1) is 9.24. The molecule has 0 unspecified atom stereocenters. The Morgan fingerprint density at radius 1 is 1.11 bits per heavy atom. The molecule has 0 saturated carbocycles. The van der Waals surface area contributed by atoms with Gasteiger partial charge in [0.2, 0.25) is 0 Å². The van der Waals surface area contributed by atoms with Gasteiger partial charge in [0.25, 0.3) is 0 Å². The molecule has 2 aromatic heterocycles. The van der Waals surface area contributed by atoms with Crippen molar-refractivity contribution in [2.75, 3.05) is 0 Å². The second kappa shape index (κ2) is 4.86. The van der Waals surface area contributed by atoms with Crippen LogP contribution < -0.4 is 0 Å². The van der Waals surface area contributed by atoms with Gasteiger partial charge in [-0.15, -0.1) is 0 Å². The number of H-pyrrole nitrogens is 1. The van der Waals surface area contributed by atoms with E-state index >= 15 is 0 Å². The molecule has 0 amide bonds. The number of imidazole rings is 1. The van der Waals surface area contributed by atoms with Gasteiger partial charge in [0.05, 0.1) is 11.4 Å². The van der Waals surface area contributed by atoms with Gasteiger partial charge < -0.3 is 4.98 Å². The highest BCUT2D eigenvalue weighted by molar-refractivity contribution is 6.30. The van der Waals surface area contributed by atoms with E-state index in [0.29, 0.717) is 5.02 Å². The van der Waals surface area contributed by atoms with Crippen LogP contribution in [0.25, 0.3) is 22.6 Å². The number of halogens is 1. The first-order valence-electron chi connectivity index (χ1n) is 5.97. The molecule has 3 aromatic rings. The zero-order valence-corrected chi connectivity index (χ0v) is 11.1. The number of nitrogens with zero attached hydrogens (tertiary/aromatic N) is 2. The summed E-state index contributed by atoms with van der Waals surface area (Å²) in [5.41, 5.74) is 3.94. The summed E-state index contributed by atoms with van der Waals surface area (Å²) in [5, 5.41) is 0.703. The lowest BCUT2D eigenvalue weighted by Crippen LogP contribution is -1.82. The molecule has 0 atom stereocenters. The number of hydrogen-bond donors (Lipinski definition) is 1. The number of hydrogen-bond acceptors (Lipinski definition) is 2. The van der Waals surface area contributed by atoms with Crippen molar-refractivity contribution >= 4 is 11.6 Å². The van der Waals surface area contributed by atoms with Crippen LogP contribution in [0.15, 0.2) is 48.8 Å². The Balaban J connectivity index is 2.07. The average Bonchev–Trinajstić information content (AvgIpc) is 2.82. The molecule has 94 valence electrons. The van der Waals surface area contributed by atoms with Crippen LogP contribution in [0.3, 0.4) is 0 Å². The number of rotatable bonds is 2. The summed E-state index contributed by atoms with van der Waals surface area (Å²) in [7, 11) is 0. The van der Waals surface area contributed by atoms with Crippen molar-refractivity contribution in [3.63, 3.8) is 0 Å². The van der Waals surface area contributed by atoms with Crippen molar-refractivity contribution in [2.45, 2.75) is 6.92 Å². The predicted octanol–water partition coefficient (Wildman–Crippen LogP) is 4.10. The summed E-state index contributed by atoms with van der Waals surface area (Å²) in [6.07, 6.45) is 3.58. The maximum absolute atomic E-state index is 6.01. The van der Waals surface area contributed by atoms with E-state index in [-0.39, 0.29) is 0 Å². The van der Waals surface area contributed by atoms with E-state index in [1.165, 1.54) is 0 Å². The lowest BCUT2D eigenvalue weighted by Gasteiger charge is -1.98. The minimum atomic E-state index is 0.703. The van der Waals surface area contributed by atoms with Gasteiger partial charge >= 0.3 is 0 Å². The molecule has 0 fully saturated rings. The third-order valence-electron chi connectivity index (χ3n) is 2.93. The highest BCUT2D eigenvalue weighted by Gasteiger charge is 2.10. The number of nitrogens with one attached hydrogen (secondary N) is 1. The Morgan fingerprint density at radius 3 is 2.68 bits per heavy atom. The third-order valence-corrected chi connectivity index (χ3v) is 3.17. The highest BCUT2D eigenvalue weighted by atomic mass is 35.5. The van der Waals surface area contributed by atoms with Gasteiger partial charge in [-0.3, -0.25) is 4.98 Å². The molecular formula is C15H12ClN3. The Kier molecular flexibility index (Phi) is 3.05. The molecule has 1 aromatic carbocycles. The molecular weight excluding hydrogens is 258 g/mol. The van der Waals surface area contributed by atoms with Crippen LogP contribution in [0.4, 0.5) is 0 Å². The van der Waals surface area contributed by atoms with Gasteiger partial charge in [0.1, 0.15) is 5.82 Å². The molecule has 4 heteroatoms. The standard InChI is InChI=1S/C15H12ClN3/c1-10-14(12-5-3-7-17-9-12)19-15(18-10)11-4-2-6-13(16)8-11/h2-9H,1H3,(H,18,19). The van der Waals surface area contributed by atoms with E-state index in [4.69, 9.17) is 11.6 Å². The molecule has 0 aliphatic heterocycles. The van der Waals surface area contributed by atoms with Gasteiger partial charge in [-0.25, -0.2) is 4.98 Å². The molecule has 0 saturated heterocycles. The number of aromatic amines is 1. The molecule has 2 heterocycles. The number of pyridine rings is 1. The van der Waals surface area contributed by atoms with Crippen molar-refractivity contribution in [3.8, 4) is 22.6 Å². The zero-order valence-electron chi connectivity index (χ0n) is 10.4. The first-order valence-corrected chi connectivity index (χ1v) is 6.35. The average molecular weight is 270 g/mol. The van der Waals surface area contributed by atoms with E-state index in [0.717, 1.165) is 28.3 Å². The second-order valence-corrected chi connectivity index (χ2v) is 4.73. The quantitative estimate of drug-likeness (QED) is 0.761. The van der Waals surface area contributed by atoms with Crippen LogP contribution in [0.2, 0.25) is 5.02 Å². The first kappa shape index (κ1) is 11.9. The van der Waals surface area contributed by atoms with Crippen molar-refractivity contribution in [1.29, 1.82) is 0 Å². The summed E-state index contributed by atoms with van der Waals surface area (Å²) >= 11 is 6.01. The van der Waals surface area contributed by atoms with Crippen molar-refractivity contribution in [3.05, 3.63) is 59.5 Å². The summed E-state index contributed by atoms with van der Waals surface area (Å²) in [5.74, 6) is 0.818. The lowest BCUT2D eigenvalue weighted by atomic mass is 10.2. The highest BCUT2D eigenvalue weighted by Crippen LogP contribution is 2.26. The minimum Gasteiger partial charge on any atom is -0.338 e. The summed E-state index contributed by atoms with van der Waals surface area (Å²) < 4.78 is 0. The van der Waals surface area contributed by atoms with Crippen molar-refractivity contribution < 1.29 is 0 Å². The third kappa shape index (κ3) is 2.37. The zero-order chi connectivity index (χ0) is 13.2. The smallest absolute Gasteiger partial charge is 0.138 e. The summed E-state index contributed by atoms with van der Waals surface area (Å²) in [4.78, 5) is 12.0. The van der Waals surface area contributed by atoms with E-state index in [1.54, 1.807) is 6.20 Å². The fraction of sp³-hybridized carbons (Fsp3) is 0.0667. The van der Waals surface area contributed by atoms with Gasteiger partial charge in [-0.2, -0.15) is 0 Å². The van der Waals surface area contributed by atoms with Crippen LogP contribution in [0, 0.1) is 6.92 Å². The van der Waals surface area contributed by atoms with Gasteiger partial charge in [0, 0.05) is 28.5 Å². The fourth-order valence-electron chi connectivity index (χ4n) is 2.02. The summed E-state index contributed by atoms with van der Waals surface area (Å²) in [6.45, 7) is 1.98. The molecule has 0 spiro atoms. The van der Waals surface area contributed by atoms with Gasteiger partial charge in [-0.05, 0) is 31.2 Å². The number of aromatic nitrogens is 3. The molecule has 3 rings (SSSR count). The molecule has 1 N–H and O–H groups in total. The van der Waals surface area contributed by atoms with E-state index in [1.807, 2.05) is 49.5 Å². The van der Waals surface area contributed by atoms with Crippen LogP contribution >= 0.6 is 11.6 Å². The Hall–Kier alpha value is -2.13. The number of benzene rings is 1. The predicted molar refractivity (Wildman–Crippen MR) is 77.0 cm³/mol. The molecule has 0 aliphatic carbocycles. The van der Waals surface area contributed by atoms with E-state index in [9.17, 15) is 0 Å². The Bertz CT molecular complexity index is 704. The summed E-state index contributed by atoms with van der Waals surface area (Å²) in [6, 6.07) is 11.6. The molecule has 19 heavy (non-hydrogen) atoms. The van der Waals surface area contributed by atoms with Crippen molar-refractivity contribution in [2.24, 2.45) is 0 Å². The SMILES string of the molecule is Cc1nc(-c2cccc(Cl)c2)[nH]c1-c1cccnc1. The van der Waals surface area contributed by atoms with E-state index in [2.05, 4.69) is 15.0 Å². The van der Waals surface area contributed by atoms with Gasteiger partial charge in [0.15, 0.2) is 0 Å². The van der Waals surface area contributed by atoms with Crippen LogP contribution in [-0.2, 0) is 0 Å². The maximum atomic E-state index is 6.01.